The second kappa shape index (κ2) is 5.28. The van der Waals surface area contributed by atoms with Crippen LogP contribution in [0.2, 0.25) is 0 Å². The van der Waals surface area contributed by atoms with E-state index in [0.29, 0.717) is 18.8 Å². The van der Waals surface area contributed by atoms with E-state index >= 15 is 0 Å². The minimum Gasteiger partial charge on any atom is -0.477 e. The lowest BCUT2D eigenvalue weighted by Gasteiger charge is -2.30. The van der Waals surface area contributed by atoms with Crippen LogP contribution in [-0.2, 0) is 4.79 Å². The molecule has 0 saturated carbocycles. The first-order valence-corrected chi connectivity index (χ1v) is 6.55. The largest absolute Gasteiger partial charge is 0.477 e. The average molecular weight is 286 g/mol. The third-order valence-corrected chi connectivity index (χ3v) is 3.37. The number of H-pyrrole nitrogens is 1. The van der Waals surface area contributed by atoms with E-state index < -0.39 is 5.97 Å². The third kappa shape index (κ3) is 2.58. The Balaban J connectivity index is 1.98. The molecule has 1 fully saturated rings. The second-order valence-corrected chi connectivity index (χ2v) is 4.76. The molecule has 1 aromatic carbocycles. The van der Waals surface area contributed by atoms with Crippen LogP contribution in [0.1, 0.15) is 10.5 Å². The highest BCUT2D eigenvalue weighted by atomic mass is 16.4. The van der Waals surface area contributed by atoms with Crippen molar-refractivity contribution in [1.82, 2.24) is 15.5 Å². The molecule has 108 valence electrons. The fourth-order valence-corrected chi connectivity index (χ4v) is 2.38. The van der Waals surface area contributed by atoms with E-state index in [2.05, 4.69) is 15.5 Å². The van der Waals surface area contributed by atoms with Gasteiger partial charge >= 0.3 is 5.97 Å². The van der Waals surface area contributed by atoms with Crippen molar-refractivity contribution in [2.75, 3.05) is 24.5 Å². The Hall–Kier alpha value is -2.83. The molecule has 2 heterocycles. The number of nitrogens with one attached hydrogen (secondary N) is 2. The maximum atomic E-state index is 11.5. The number of anilines is 1. The lowest BCUT2D eigenvalue weighted by atomic mass is 10.1. The molecular formula is C14H14N4O3. The fraction of sp³-hybridized carbons (Fsp3) is 0.214. The van der Waals surface area contributed by atoms with E-state index in [9.17, 15) is 9.59 Å². The molecular weight excluding hydrogens is 272 g/mol. The Labute approximate surface area is 120 Å². The van der Waals surface area contributed by atoms with Gasteiger partial charge in [0.1, 0.15) is 5.69 Å². The van der Waals surface area contributed by atoms with Gasteiger partial charge in [0, 0.05) is 24.3 Å². The maximum absolute atomic E-state index is 11.5. The molecule has 0 atom stereocenters. The highest BCUT2D eigenvalue weighted by Crippen LogP contribution is 2.30. The Bertz CT molecular complexity index is 695. The lowest BCUT2D eigenvalue weighted by Crippen LogP contribution is -2.47. The van der Waals surface area contributed by atoms with Gasteiger partial charge in [-0.25, -0.2) is 4.79 Å². The average Bonchev–Trinajstić information content (AvgIpc) is 2.97. The molecule has 2 aromatic rings. The van der Waals surface area contributed by atoms with E-state index in [1.807, 2.05) is 29.2 Å². The molecule has 0 unspecified atom stereocenters. The van der Waals surface area contributed by atoms with Gasteiger partial charge in [-0.15, -0.1) is 0 Å². The van der Waals surface area contributed by atoms with Crippen molar-refractivity contribution in [3.05, 3.63) is 36.0 Å². The fourth-order valence-electron chi connectivity index (χ4n) is 2.38. The topological polar surface area (TPSA) is 98.3 Å². The van der Waals surface area contributed by atoms with E-state index in [-0.39, 0.29) is 18.1 Å². The Kier molecular flexibility index (Phi) is 3.31. The quantitative estimate of drug-likeness (QED) is 0.772. The molecule has 0 radical (unpaired) electrons. The minimum absolute atomic E-state index is 0.0238. The Morgan fingerprint density at radius 3 is 2.86 bits per heavy atom. The van der Waals surface area contributed by atoms with Gasteiger partial charge in [0.25, 0.3) is 0 Å². The molecule has 7 nitrogen and oxygen atoms in total. The number of para-hydroxylation sites is 1. The van der Waals surface area contributed by atoms with E-state index in [0.717, 1.165) is 11.3 Å². The number of aromatic amines is 1. The molecule has 7 heteroatoms. The van der Waals surface area contributed by atoms with Gasteiger partial charge in [0.05, 0.1) is 12.2 Å². The molecule has 0 spiro atoms. The van der Waals surface area contributed by atoms with Crippen LogP contribution in [0, 0.1) is 0 Å². The zero-order valence-corrected chi connectivity index (χ0v) is 11.2. The number of hydrogen-bond donors (Lipinski definition) is 3. The van der Waals surface area contributed by atoms with Crippen LogP contribution in [0.3, 0.4) is 0 Å². The van der Waals surface area contributed by atoms with Crippen molar-refractivity contribution in [2.45, 2.75) is 0 Å². The number of carbonyl (C=O) groups excluding carboxylic acids is 1. The number of aromatic nitrogens is 2. The lowest BCUT2D eigenvalue weighted by molar-refractivity contribution is -0.120. The number of carboxylic acid groups (broad SMARTS) is 1. The number of carboxylic acids is 1. The van der Waals surface area contributed by atoms with Gasteiger partial charge < -0.3 is 15.3 Å². The number of aromatic carboxylic acids is 1. The molecule has 3 N–H and O–H groups in total. The summed E-state index contributed by atoms with van der Waals surface area (Å²) in [4.78, 5) is 24.4. The van der Waals surface area contributed by atoms with Gasteiger partial charge in [0.2, 0.25) is 5.91 Å². The summed E-state index contributed by atoms with van der Waals surface area (Å²) in [5.41, 5.74) is 2.26. The van der Waals surface area contributed by atoms with Crippen LogP contribution < -0.4 is 10.2 Å². The monoisotopic (exact) mass is 286 g/mol. The molecule has 1 aromatic heterocycles. The zero-order chi connectivity index (χ0) is 14.8. The molecule has 3 rings (SSSR count). The van der Waals surface area contributed by atoms with Crippen molar-refractivity contribution in [1.29, 1.82) is 0 Å². The number of rotatable bonds is 3. The molecule has 0 aliphatic carbocycles. The van der Waals surface area contributed by atoms with E-state index in [4.69, 9.17) is 5.11 Å². The van der Waals surface area contributed by atoms with Crippen LogP contribution in [0.15, 0.2) is 30.3 Å². The first-order chi connectivity index (χ1) is 10.1. The number of carbonyl (C=O) groups is 2. The summed E-state index contributed by atoms with van der Waals surface area (Å²) in [6.07, 6.45) is 0. The summed E-state index contributed by atoms with van der Waals surface area (Å²) in [7, 11) is 0. The van der Waals surface area contributed by atoms with Gasteiger partial charge in [-0.05, 0) is 12.1 Å². The Morgan fingerprint density at radius 1 is 1.33 bits per heavy atom. The van der Waals surface area contributed by atoms with Crippen LogP contribution in [0.5, 0.6) is 0 Å². The summed E-state index contributed by atoms with van der Waals surface area (Å²) in [6, 6.07) is 9.01. The van der Waals surface area contributed by atoms with E-state index in [1.54, 1.807) is 0 Å². The highest BCUT2D eigenvalue weighted by Gasteiger charge is 2.20. The van der Waals surface area contributed by atoms with Crippen LogP contribution in [0.25, 0.3) is 11.3 Å². The van der Waals surface area contributed by atoms with Crippen molar-refractivity contribution in [3.63, 3.8) is 0 Å². The van der Waals surface area contributed by atoms with Gasteiger partial charge in [-0.1, -0.05) is 18.2 Å². The summed E-state index contributed by atoms with van der Waals surface area (Å²) in [5, 5.41) is 18.3. The van der Waals surface area contributed by atoms with E-state index in [1.165, 1.54) is 6.07 Å². The zero-order valence-electron chi connectivity index (χ0n) is 11.2. The summed E-state index contributed by atoms with van der Waals surface area (Å²) >= 11 is 0. The predicted octanol–water partition coefficient (Wildman–Crippen LogP) is 0.711. The van der Waals surface area contributed by atoms with Crippen LogP contribution >= 0.6 is 0 Å². The molecule has 1 saturated heterocycles. The van der Waals surface area contributed by atoms with Gasteiger partial charge in [0.15, 0.2) is 0 Å². The van der Waals surface area contributed by atoms with Gasteiger partial charge in [-0.3, -0.25) is 9.89 Å². The molecule has 1 amide bonds. The number of amides is 1. The smallest absolute Gasteiger partial charge is 0.353 e. The minimum atomic E-state index is -1.05. The van der Waals surface area contributed by atoms with Crippen molar-refractivity contribution in [2.24, 2.45) is 0 Å². The summed E-state index contributed by atoms with van der Waals surface area (Å²) in [6.45, 7) is 1.58. The standard InChI is InChI=1S/C14H14N4O3/c19-13-8-18(6-5-15-13)12-4-2-1-3-9(12)10-7-11(14(20)21)17-16-10/h1-4,7H,5-6,8H2,(H,15,19)(H,16,17)(H,20,21). The first kappa shape index (κ1) is 13.2. The van der Waals surface area contributed by atoms with Crippen molar-refractivity contribution < 1.29 is 14.7 Å². The Morgan fingerprint density at radius 2 is 2.14 bits per heavy atom. The second-order valence-electron chi connectivity index (χ2n) is 4.76. The number of piperazine rings is 1. The van der Waals surface area contributed by atoms with Crippen molar-refractivity contribution in [3.8, 4) is 11.3 Å². The van der Waals surface area contributed by atoms with Gasteiger partial charge in [-0.2, -0.15) is 5.10 Å². The maximum Gasteiger partial charge on any atom is 0.353 e. The molecule has 21 heavy (non-hydrogen) atoms. The third-order valence-electron chi connectivity index (χ3n) is 3.37. The summed E-state index contributed by atoms with van der Waals surface area (Å²) < 4.78 is 0. The number of benzene rings is 1. The van der Waals surface area contributed by atoms with Crippen LogP contribution in [0.4, 0.5) is 5.69 Å². The highest BCUT2D eigenvalue weighted by molar-refractivity contribution is 5.89. The number of nitrogens with zero attached hydrogens (tertiary/aromatic N) is 2. The normalized spacial score (nSPS) is 14.9. The molecule has 1 aliphatic heterocycles. The first-order valence-electron chi connectivity index (χ1n) is 6.55. The summed E-state index contributed by atoms with van der Waals surface area (Å²) in [5.74, 6) is -1.08. The molecule has 0 bridgehead atoms. The molecule has 1 aliphatic rings. The predicted molar refractivity (Wildman–Crippen MR) is 76.2 cm³/mol. The van der Waals surface area contributed by atoms with Crippen LogP contribution in [-0.4, -0.2) is 46.8 Å². The number of hydrogen-bond acceptors (Lipinski definition) is 4. The van der Waals surface area contributed by atoms with Crippen molar-refractivity contribution >= 4 is 17.6 Å². The SMILES string of the molecule is O=C1CN(c2ccccc2-c2cc(C(=O)O)[nH]n2)CCN1.